The van der Waals surface area contributed by atoms with Crippen LogP contribution in [0, 0.1) is 6.92 Å². The number of hydrogen-bond donors (Lipinski definition) is 1. The molecule has 2 aliphatic rings. The molecule has 1 saturated carbocycles. The first-order valence-electron chi connectivity index (χ1n) is 7.76. The molecule has 2 aromatic rings. The van der Waals surface area contributed by atoms with Gasteiger partial charge in [-0.2, -0.15) is 0 Å². The monoisotopic (exact) mass is 280 g/mol. The number of fused-ring (bicyclic) bond motifs is 1. The average molecular weight is 280 g/mol. The van der Waals surface area contributed by atoms with Crippen LogP contribution >= 0.6 is 0 Å². The molecule has 4 rings (SSSR count). The molecule has 0 saturated heterocycles. The molecule has 1 fully saturated rings. The van der Waals surface area contributed by atoms with Crippen LogP contribution in [0.15, 0.2) is 42.5 Å². The van der Waals surface area contributed by atoms with Crippen LogP contribution in [0.1, 0.15) is 59.6 Å². The number of ether oxygens (including phenoxy) is 1. The quantitative estimate of drug-likeness (QED) is 0.881. The molecule has 0 aromatic heterocycles. The van der Waals surface area contributed by atoms with Gasteiger partial charge in [-0.05, 0) is 48.9 Å². The summed E-state index contributed by atoms with van der Waals surface area (Å²) in [7, 11) is 0. The highest BCUT2D eigenvalue weighted by Crippen LogP contribution is 2.47. The van der Waals surface area contributed by atoms with Crippen LogP contribution in [0.5, 0.6) is 5.75 Å². The van der Waals surface area contributed by atoms with E-state index in [9.17, 15) is 5.11 Å². The fourth-order valence-electron chi connectivity index (χ4n) is 3.33. The van der Waals surface area contributed by atoms with Crippen molar-refractivity contribution >= 4 is 0 Å². The Morgan fingerprint density at radius 3 is 2.52 bits per heavy atom. The third kappa shape index (κ3) is 2.34. The van der Waals surface area contributed by atoms with E-state index in [4.69, 9.17) is 4.74 Å². The molecule has 1 N–H and O–H groups in total. The van der Waals surface area contributed by atoms with E-state index in [1.54, 1.807) is 0 Å². The maximum absolute atomic E-state index is 10.5. The minimum absolute atomic E-state index is 0.0352. The van der Waals surface area contributed by atoms with E-state index in [-0.39, 0.29) is 6.10 Å². The highest BCUT2D eigenvalue weighted by molar-refractivity contribution is 5.43. The van der Waals surface area contributed by atoms with E-state index in [0.717, 1.165) is 16.9 Å². The Morgan fingerprint density at radius 2 is 1.76 bits per heavy atom. The summed E-state index contributed by atoms with van der Waals surface area (Å²) in [6, 6.07) is 14.6. The lowest BCUT2D eigenvalue weighted by Crippen LogP contribution is -2.20. The topological polar surface area (TPSA) is 29.5 Å². The molecule has 108 valence electrons. The van der Waals surface area contributed by atoms with Crippen molar-refractivity contribution in [2.24, 2.45) is 0 Å². The highest BCUT2D eigenvalue weighted by Gasteiger charge is 2.33. The number of aryl methyl sites for hydroxylation is 1. The molecule has 2 atom stereocenters. The molecule has 1 aliphatic heterocycles. The van der Waals surface area contributed by atoms with Crippen LogP contribution in [-0.4, -0.2) is 5.11 Å². The van der Waals surface area contributed by atoms with Gasteiger partial charge in [0.05, 0.1) is 6.10 Å². The summed E-state index contributed by atoms with van der Waals surface area (Å²) in [4.78, 5) is 0. The number of hydrogen-bond acceptors (Lipinski definition) is 2. The second kappa shape index (κ2) is 4.88. The molecule has 2 aromatic carbocycles. The number of aliphatic hydroxyl groups excluding tert-OH is 1. The van der Waals surface area contributed by atoms with Gasteiger partial charge >= 0.3 is 0 Å². The van der Waals surface area contributed by atoms with Crippen LogP contribution < -0.4 is 4.74 Å². The van der Waals surface area contributed by atoms with Gasteiger partial charge in [0, 0.05) is 12.0 Å². The van der Waals surface area contributed by atoms with Crippen LogP contribution in [0.2, 0.25) is 0 Å². The zero-order chi connectivity index (χ0) is 14.4. The lowest BCUT2D eigenvalue weighted by atomic mass is 9.90. The molecule has 21 heavy (non-hydrogen) atoms. The van der Waals surface area contributed by atoms with Crippen molar-refractivity contribution in [1.82, 2.24) is 0 Å². The van der Waals surface area contributed by atoms with Gasteiger partial charge in [0.2, 0.25) is 0 Å². The van der Waals surface area contributed by atoms with E-state index in [1.807, 2.05) is 25.1 Å². The number of rotatable bonds is 2. The zero-order valence-corrected chi connectivity index (χ0v) is 12.3. The Bertz CT molecular complexity index is 673. The summed E-state index contributed by atoms with van der Waals surface area (Å²) in [5, 5.41) is 10.5. The Kier molecular flexibility index (Phi) is 3.00. The predicted molar refractivity (Wildman–Crippen MR) is 82.5 cm³/mol. The minimum atomic E-state index is -0.439. The fourth-order valence-corrected chi connectivity index (χ4v) is 3.33. The molecule has 0 bridgehead atoms. The molecule has 1 aliphatic carbocycles. The summed E-state index contributed by atoms with van der Waals surface area (Å²) >= 11 is 0. The van der Waals surface area contributed by atoms with Gasteiger partial charge in [-0.15, -0.1) is 0 Å². The Balaban J connectivity index is 1.71. The van der Waals surface area contributed by atoms with Gasteiger partial charge in [-0.1, -0.05) is 35.9 Å². The van der Waals surface area contributed by atoms with Gasteiger partial charge < -0.3 is 9.84 Å². The van der Waals surface area contributed by atoms with Crippen LogP contribution in [0.25, 0.3) is 0 Å². The first-order chi connectivity index (χ1) is 10.2. The average Bonchev–Trinajstić information content (AvgIpc) is 3.32. The molecule has 2 heteroatoms. The van der Waals surface area contributed by atoms with E-state index in [0.29, 0.717) is 12.3 Å². The number of aliphatic hydroxyl groups is 1. The fraction of sp³-hybridized carbons (Fsp3) is 0.368. The largest absolute Gasteiger partial charge is 0.485 e. The Labute approximate surface area is 125 Å². The normalized spacial score (nSPS) is 24.3. The summed E-state index contributed by atoms with van der Waals surface area (Å²) in [5.41, 5.74) is 4.75. The standard InChI is InChI=1S/C19H20O2/c1-12-6-9-18-16(10-12)17(20)11-19(21-18)15-5-3-2-4-14(15)13-7-8-13/h2-6,9-10,13,17,19-20H,7-8,11H2,1H3/t17-,19?/m0/s1. The van der Waals surface area contributed by atoms with Gasteiger partial charge in [-0.25, -0.2) is 0 Å². The lowest BCUT2D eigenvalue weighted by molar-refractivity contribution is 0.0652. The van der Waals surface area contributed by atoms with E-state index >= 15 is 0 Å². The summed E-state index contributed by atoms with van der Waals surface area (Å²) in [6.45, 7) is 2.04. The molecule has 1 heterocycles. The van der Waals surface area contributed by atoms with Crippen LogP contribution in [-0.2, 0) is 0 Å². The van der Waals surface area contributed by atoms with Gasteiger partial charge in [0.25, 0.3) is 0 Å². The molecule has 1 unspecified atom stereocenters. The minimum Gasteiger partial charge on any atom is -0.485 e. The predicted octanol–water partition coefficient (Wildman–Crippen LogP) is 4.43. The van der Waals surface area contributed by atoms with Crippen molar-refractivity contribution in [1.29, 1.82) is 0 Å². The van der Waals surface area contributed by atoms with Crippen molar-refractivity contribution in [3.8, 4) is 5.75 Å². The first-order valence-corrected chi connectivity index (χ1v) is 7.76. The molecule has 0 spiro atoms. The summed E-state index contributed by atoms with van der Waals surface area (Å²) < 4.78 is 6.20. The van der Waals surface area contributed by atoms with Crippen molar-refractivity contribution in [3.05, 3.63) is 64.7 Å². The van der Waals surface area contributed by atoms with Crippen molar-refractivity contribution < 1.29 is 9.84 Å². The van der Waals surface area contributed by atoms with E-state index < -0.39 is 6.10 Å². The van der Waals surface area contributed by atoms with Gasteiger partial charge in [0.15, 0.2) is 0 Å². The Hall–Kier alpha value is -1.80. The first kappa shape index (κ1) is 12.9. The zero-order valence-electron chi connectivity index (χ0n) is 12.3. The SMILES string of the molecule is Cc1ccc2c(c1)[C@@H](O)CC(c1ccccc1C1CC1)O2. The van der Waals surface area contributed by atoms with E-state index in [1.165, 1.54) is 24.0 Å². The molecule has 0 amide bonds. The van der Waals surface area contributed by atoms with Crippen molar-refractivity contribution in [2.45, 2.75) is 44.3 Å². The third-order valence-electron chi connectivity index (χ3n) is 4.59. The van der Waals surface area contributed by atoms with Gasteiger partial charge in [0.1, 0.15) is 11.9 Å². The van der Waals surface area contributed by atoms with Crippen molar-refractivity contribution in [3.63, 3.8) is 0 Å². The Morgan fingerprint density at radius 1 is 1.00 bits per heavy atom. The van der Waals surface area contributed by atoms with Gasteiger partial charge in [-0.3, -0.25) is 0 Å². The molecular weight excluding hydrogens is 260 g/mol. The van der Waals surface area contributed by atoms with Crippen molar-refractivity contribution in [2.75, 3.05) is 0 Å². The van der Waals surface area contributed by atoms with Crippen LogP contribution in [0.4, 0.5) is 0 Å². The molecular formula is C19H20O2. The smallest absolute Gasteiger partial charge is 0.127 e. The lowest BCUT2D eigenvalue weighted by Gasteiger charge is -2.31. The third-order valence-corrected chi connectivity index (χ3v) is 4.59. The molecule has 2 nitrogen and oxygen atoms in total. The summed E-state index contributed by atoms with van der Waals surface area (Å²) in [5.74, 6) is 1.52. The second-order valence-corrected chi connectivity index (χ2v) is 6.30. The molecule has 0 radical (unpaired) electrons. The van der Waals surface area contributed by atoms with E-state index in [2.05, 4.69) is 24.3 Å². The number of benzene rings is 2. The second-order valence-electron chi connectivity index (χ2n) is 6.30. The maximum Gasteiger partial charge on any atom is 0.127 e. The van der Waals surface area contributed by atoms with Crippen LogP contribution in [0.3, 0.4) is 0 Å². The highest BCUT2D eigenvalue weighted by atomic mass is 16.5. The maximum atomic E-state index is 10.5. The summed E-state index contributed by atoms with van der Waals surface area (Å²) in [6.07, 6.45) is 2.72.